The van der Waals surface area contributed by atoms with Crippen molar-refractivity contribution >= 4 is 5.91 Å². The number of carbonyl (C=O) groups excluding carboxylic acids is 1. The highest BCUT2D eigenvalue weighted by molar-refractivity contribution is 5.81. The van der Waals surface area contributed by atoms with Gasteiger partial charge < -0.3 is 14.2 Å². The SMILES string of the molecule is Cc1noc2c1CCN(C(=O)C(C)Oc1ccc(C(C)C)cc1)C2. The zero-order valence-corrected chi connectivity index (χ0v) is 14.7. The molecule has 5 nitrogen and oxygen atoms in total. The monoisotopic (exact) mass is 328 g/mol. The Morgan fingerprint density at radius 3 is 2.62 bits per heavy atom. The first kappa shape index (κ1) is 16.6. The Morgan fingerprint density at radius 2 is 1.96 bits per heavy atom. The van der Waals surface area contributed by atoms with Gasteiger partial charge in [-0.3, -0.25) is 4.79 Å². The molecular weight excluding hydrogens is 304 g/mol. The van der Waals surface area contributed by atoms with Crippen molar-refractivity contribution in [2.24, 2.45) is 0 Å². The van der Waals surface area contributed by atoms with Crippen LogP contribution >= 0.6 is 0 Å². The van der Waals surface area contributed by atoms with Gasteiger partial charge in [0.05, 0.1) is 12.2 Å². The Hall–Kier alpha value is -2.30. The van der Waals surface area contributed by atoms with Crippen molar-refractivity contribution in [1.29, 1.82) is 0 Å². The molecule has 3 rings (SSSR count). The molecule has 0 bridgehead atoms. The van der Waals surface area contributed by atoms with Crippen molar-refractivity contribution in [3.05, 3.63) is 46.8 Å². The van der Waals surface area contributed by atoms with Gasteiger partial charge in [0.2, 0.25) is 0 Å². The predicted octanol–water partition coefficient (Wildman–Crippen LogP) is 3.46. The van der Waals surface area contributed by atoms with Gasteiger partial charge in [-0.15, -0.1) is 0 Å². The van der Waals surface area contributed by atoms with Crippen LogP contribution in [0.5, 0.6) is 5.75 Å². The van der Waals surface area contributed by atoms with Crippen LogP contribution < -0.4 is 4.74 Å². The lowest BCUT2D eigenvalue weighted by Crippen LogP contribution is -2.43. The van der Waals surface area contributed by atoms with Crippen LogP contribution in [0.15, 0.2) is 28.8 Å². The summed E-state index contributed by atoms with van der Waals surface area (Å²) >= 11 is 0. The number of nitrogens with zero attached hydrogens (tertiary/aromatic N) is 2. The van der Waals surface area contributed by atoms with Crippen LogP contribution in [0.25, 0.3) is 0 Å². The second kappa shape index (κ2) is 6.67. The zero-order chi connectivity index (χ0) is 17.3. The maximum Gasteiger partial charge on any atom is 0.263 e. The molecule has 1 aromatic carbocycles. The lowest BCUT2D eigenvalue weighted by atomic mass is 10.0. The van der Waals surface area contributed by atoms with Gasteiger partial charge in [-0.25, -0.2) is 0 Å². The smallest absolute Gasteiger partial charge is 0.263 e. The Kier molecular flexibility index (Phi) is 4.60. The summed E-state index contributed by atoms with van der Waals surface area (Å²) < 4.78 is 11.1. The van der Waals surface area contributed by atoms with Gasteiger partial charge in [-0.05, 0) is 43.9 Å². The summed E-state index contributed by atoms with van der Waals surface area (Å²) in [6.45, 7) is 9.17. The minimum atomic E-state index is -0.527. The molecular formula is C19H24N2O3. The van der Waals surface area contributed by atoms with Crippen molar-refractivity contribution in [2.75, 3.05) is 6.54 Å². The number of rotatable bonds is 4. The van der Waals surface area contributed by atoms with E-state index in [2.05, 4.69) is 19.0 Å². The van der Waals surface area contributed by atoms with Gasteiger partial charge in [-0.1, -0.05) is 31.1 Å². The number of hydrogen-bond acceptors (Lipinski definition) is 4. The molecule has 1 aliphatic rings. The fourth-order valence-corrected chi connectivity index (χ4v) is 3.01. The largest absolute Gasteiger partial charge is 0.481 e. The minimum Gasteiger partial charge on any atom is -0.481 e. The van der Waals surface area contributed by atoms with Gasteiger partial charge >= 0.3 is 0 Å². The second-order valence-electron chi connectivity index (χ2n) is 6.66. The molecule has 0 radical (unpaired) electrons. The standard InChI is InChI=1S/C19H24N2O3/c1-12(2)15-5-7-16(8-6-15)23-14(4)19(22)21-10-9-17-13(3)20-24-18(17)11-21/h5-8,12,14H,9-11H2,1-4H3. The molecule has 128 valence electrons. The van der Waals surface area contributed by atoms with Crippen molar-refractivity contribution in [3.8, 4) is 5.75 Å². The fraction of sp³-hybridized carbons (Fsp3) is 0.474. The van der Waals surface area contributed by atoms with E-state index in [-0.39, 0.29) is 5.91 Å². The molecule has 0 N–H and O–H groups in total. The van der Waals surface area contributed by atoms with Crippen LogP contribution in [-0.4, -0.2) is 28.6 Å². The number of fused-ring (bicyclic) bond motifs is 1. The first-order valence-corrected chi connectivity index (χ1v) is 8.45. The number of carbonyl (C=O) groups is 1. The molecule has 24 heavy (non-hydrogen) atoms. The van der Waals surface area contributed by atoms with Crippen LogP contribution in [-0.2, 0) is 17.8 Å². The molecule has 5 heteroatoms. The third-order valence-electron chi connectivity index (χ3n) is 4.55. The second-order valence-corrected chi connectivity index (χ2v) is 6.66. The van der Waals surface area contributed by atoms with Gasteiger partial charge in [0, 0.05) is 12.1 Å². The van der Waals surface area contributed by atoms with E-state index in [1.165, 1.54) is 5.56 Å². The summed E-state index contributed by atoms with van der Waals surface area (Å²) in [6, 6.07) is 7.93. The maximum atomic E-state index is 12.6. The van der Waals surface area contributed by atoms with Crippen molar-refractivity contribution in [3.63, 3.8) is 0 Å². The summed E-state index contributed by atoms with van der Waals surface area (Å²) in [5.41, 5.74) is 3.31. The number of benzene rings is 1. The molecule has 0 spiro atoms. The molecule has 0 aliphatic carbocycles. The van der Waals surface area contributed by atoms with Crippen LogP contribution in [0.2, 0.25) is 0 Å². The molecule has 1 atom stereocenters. The molecule has 2 heterocycles. The predicted molar refractivity (Wildman–Crippen MR) is 91.0 cm³/mol. The molecule has 1 amide bonds. The molecule has 0 saturated heterocycles. The number of ether oxygens (including phenoxy) is 1. The lowest BCUT2D eigenvalue weighted by molar-refractivity contribution is -0.139. The van der Waals surface area contributed by atoms with E-state index < -0.39 is 6.10 Å². The zero-order valence-electron chi connectivity index (χ0n) is 14.7. The van der Waals surface area contributed by atoms with Crippen LogP contribution in [0.1, 0.15) is 49.3 Å². The first-order chi connectivity index (χ1) is 11.5. The van der Waals surface area contributed by atoms with Gasteiger partial charge in [-0.2, -0.15) is 0 Å². The maximum absolute atomic E-state index is 12.6. The quantitative estimate of drug-likeness (QED) is 0.862. The number of amides is 1. The van der Waals surface area contributed by atoms with Gasteiger partial charge in [0.25, 0.3) is 5.91 Å². The van der Waals surface area contributed by atoms with Crippen molar-refractivity contribution < 1.29 is 14.1 Å². The minimum absolute atomic E-state index is 0.0253. The Balaban J connectivity index is 1.63. The van der Waals surface area contributed by atoms with Gasteiger partial charge in [0.1, 0.15) is 5.75 Å². The van der Waals surface area contributed by atoms with Crippen LogP contribution in [0, 0.1) is 6.92 Å². The average molecular weight is 328 g/mol. The average Bonchev–Trinajstić information content (AvgIpc) is 2.95. The third-order valence-corrected chi connectivity index (χ3v) is 4.55. The summed E-state index contributed by atoms with van der Waals surface area (Å²) in [7, 11) is 0. The summed E-state index contributed by atoms with van der Waals surface area (Å²) in [4.78, 5) is 14.4. The lowest BCUT2D eigenvalue weighted by Gasteiger charge is -2.28. The molecule has 1 aliphatic heterocycles. The molecule has 1 aromatic heterocycles. The Labute approximate surface area is 142 Å². The molecule has 0 fully saturated rings. The van der Waals surface area contributed by atoms with E-state index in [0.29, 0.717) is 24.8 Å². The van der Waals surface area contributed by atoms with E-state index in [1.54, 1.807) is 11.8 Å². The topological polar surface area (TPSA) is 55.6 Å². The van der Waals surface area contributed by atoms with Crippen molar-refractivity contribution in [1.82, 2.24) is 10.1 Å². The van der Waals surface area contributed by atoms with E-state index in [0.717, 1.165) is 23.4 Å². The van der Waals surface area contributed by atoms with Crippen LogP contribution in [0.4, 0.5) is 0 Å². The molecule has 2 aromatic rings. The van der Waals surface area contributed by atoms with Gasteiger partial charge in [0.15, 0.2) is 11.9 Å². The summed E-state index contributed by atoms with van der Waals surface area (Å²) in [5, 5.41) is 3.98. The fourth-order valence-electron chi connectivity index (χ4n) is 3.01. The molecule has 0 saturated carbocycles. The van der Waals surface area contributed by atoms with Crippen molar-refractivity contribution in [2.45, 2.75) is 52.7 Å². The Morgan fingerprint density at radius 1 is 1.25 bits per heavy atom. The highest BCUT2D eigenvalue weighted by atomic mass is 16.5. The normalized spacial score (nSPS) is 15.3. The first-order valence-electron chi connectivity index (χ1n) is 8.45. The number of aromatic nitrogens is 1. The van der Waals surface area contributed by atoms with E-state index in [1.807, 2.05) is 31.2 Å². The number of hydrogen-bond donors (Lipinski definition) is 0. The highest BCUT2D eigenvalue weighted by Gasteiger charge is 2.29. The number of aryl methyl sites for hydroxylation is 1. The van der Waals surface area contributed by atoms with E-state index >= 15 is 0 Å². The summed E-state index contributed by atoms with van der Waals surface area (Å²) in [6.07, 6.45) is 0.257. The summed E-state index contributed by atoms with van der Waals surface area (Å²) in [5.74, 6) is 1.96. The van der Waals surface area contributed by atoms with E-state index in [4.69, 9.17) is 9.26 Å². The highest BCUT2D eigenvalue weighted by Crippen LogP contribution is 2.23. The molecule has 1 unspecified atom stereocenters. The van der Waals surface area contributed by atoms with Crippen LogP contribution in [0.3, 0.4) is 0 Å². The third kappa shape index (κ3) is 3.30. The van der Waals surface area contributed by atoms with E-state index in [9.17, 15) is 4.79 Å². The Bertz CT molecular complexity index is 719.